The first-order chi connectivity index (χ1) is 16.8. The molecule has 10 nitrogen and oxygen atoms in total. The number of nitrogens with zero attached hydrogens (tertiary/aromatic N) is 2. The Bertz CT molecular complexity index is 1120. The van der Waals surface area contributed by atoms with Crippen LogP contribution in [0.5, 0.6) is 11.9 Å². The summed E-state index contributed by atoms with van der Waals surface area (Å²) in [5.41, 5.74) is 0.334. The Morgan fingerprint density at radius 1 is 1.17 bits per heavy atom. The number of aliphatic carboxylic acids is 1. The number of hydrogen-bond acceptors (Lipinski definition) is 8. The van der Waals surface area contributed by atoms with Crippen molar-refractivity contribution in [2.24, 2.45) is 11.8 Å². The van der Waals surface area contributed by atoms with E-state index in [-0.39, 0.29) is 35.3 Å². The second-order valence-corrected chi connectivity index (χ2v) is 10.1. The lowest BCUT2D eigenvalue weighted by Crippen LogP contribution is -2.49. The van der Waals surface area contributed by atoms with Gasteiger partial charge in [-0.15, -0.1) is 0 Å². The fourth-order valence-corrected chi connectivity index (χ4v) is 5.43. The molecule has 2 fully saturated rings. The van der Waals surface area contributed by atoms with Gasteiger partial charge >= 0.3 is 17.9 Å². The van der Waals surface area contributed by atoms with Crippen LogP contribution >= 0.6 is 22.6 Å². The number of carboxylic acids is 1. The van der Waals surface area contributed by atoms with E-state index < -0.39 is 41.3 Å². The summed E-state index contributed by atoms with van der Waals surface area (Å²) in [6.07, 6.45) is 0.176. The minimum atomic E-state index is -1.10. The number of hydrogen-bond donors (Lipinski definition) is 2. The highest BCUT2D eigenvalue weighted by molar-refractivity contribution is 14.1. The molecule has 1 heterocycles. The largest absolute Gasteiger partial charge is 0.481 e. The van der Waals surface area contributed by atoms with E-state index in [1.165, 1.54) is 7.11 Å². The van der Waals surface area contributed by atoms with Gasteiger partial charge in [0.1, 0.15) is 6.10 Å². The Morgan fingerprint density at radius 3 is 2.46 bits per heavy atom. The van der Waals surface area contributed by atoms with Gasteiger partial charge < -0.3 is 24.6 Å². The number of ether oxygens (including phenoxy) is 3. The molecule has 0 radical (unpaired) electrons. The Balaban J connectivity index is 1.50. The van der Waals surface area contributed by atoms with Gasteiger partial charge in [0.2, 0.25) is 11.8 Å². The second-order valence-electron chi connectivity index (χ2n) is 8.56. The van der Waals surface area contributed by atoms with E-state index in [9.17, 15) is 19.5 Å². The van der Waals surface area contributed by atoms with Crippen molar-refractivity contribution >= 4 is 40.4 Å². The highest BCUT2D eigenvalue weighted by Gasteiger charge is 2.62. The van der Waals surface area contributed by atoms with Crippen LogP contribution in [-0.4, -0.2) is 62.2 Å². The molecule has 1 aromatic heterocycles. The van der Waals surface area contributed by atoms with Crippen LogP contribution in [0.3, 0.4) is 0 Å². The van der Waals surface area contributed by atoms with E-state index in [1.54, 1.807) is 13.0 Å². The van der Waals surface area contributed by atoms with Gasteiger partial charge in [0, 0.05) is 15.6 Å². The molecule has 2 aliphatic rings. The summed E-state index contributed by atoms with van der Waals surface area (Å²) in [7, 11) is 1.45. The summed E-state index contributed by atoms with van der Waals surface area (Å²) in [5.74, 6) is -3.65. The number of rotatable bonds is 9. The minimum absolute atomic E-state index is 0.107. The van der Waals surface area contributed by atoms with Crippen LogP contribution in [0.25, 0.3) is 11.3 Å². The first-order valence-electron chi connectivity index (χ1n) is 11.3. The number of carbonyl (C=O) groups is 3. The van der Waals surface area contributed by atoms with Crippen LogP contribution in [0.4, 0.5) is 0 Å². The molecular formula is C24H26IN3O7. The number of aromatic nitrogens is 2. The first kappa shape index (κ1) is 25.1. The maximum Gasteiger partial charge on any atom is 0.332 e. The Hall–Kier alpha value is -2.96. The lowest BCUT2D eigenvalue weighted by atomic mass is 9.95. The minimum Gasteiger partial charge on any atom is -0.481 e. The van der Waals surface area contributed by atoms with Crippen LogP contribution in [0.15, 0.2) is 36.4 Å². The van der Waals surface area contributed by atoms with E-state index >= 15 is 0 Å². The zero-order chi connectivity index (χ0) is 25.2. The fourth-order valence-electron chi connectivity index (χ4n) is 4.32. The standard InChI is InChI=1S/C24H26IN3O7/c1-3-34-22(32)24(12-18(24)25)28-20(29)15-9-14(10-16(15)21(30)31)35-19-11-17(26-23(27-19)33-2)13-7-5-4-6-8-13/h4-8,11,14-16,18H,3,9-10,12H2,1-2H3,(H,28,29)(H,30,31)/t14-,15-,16-,18-,24-/m1/s1. The number of benzene rings is 1. The third-order valence-electron chi connectivity index (χ3n) is 6.26. The number of carboxylic acid groups (broad SMARTS) is 1. The maximum atomic E-state index is 13.1. The average Bonchev–Trinajstić information content (AvgIpc) is 3.30. The quantitative estimate of drug-likeness (QED) is 0.255. The summed E-state index contributed by atoms with van der Waals surface area (Å²) in [6, 6.07) is 11.2. The van der Waals surface area contributed by atoms with Gasteiger partial charge in [-0.3, -0.25) is 9.59 Å². The lowest BCUT2D eigenvalue weighted by Gasteiger charge is -2.21. The normalized spacial score (nSPS) is 27.1. The van der Waals surface area contributed by atoms with Crippen molar-refractivity contribution in [3.8, 4) is 23.1 Å². The fraction of sp³-hybridized carbons (Fsp3) is 0.458. The molecule has 0 unspecified atom stereocenters. The summed E-state index contributed by atoms with van der Waals surface area (Å²) in [5, 5.41) is 12.6. The molecule has 11 heteroatoms. The molecular weight excluding hydrogens is 569 g/mol. The summed E-state index contributed by atoms with van der Waals surface area (Å²) in [6.45, 7) is 1.90. The molecule has 0 bridgehead atoms. The van der Waals surface area contributed by atoms with Crippen LogP contribution in [0.1, 0.15) is 26.2 Å². The predicted molar refractivity (Wildman–Crippen MR) is 132 cm³/mol. The number of amides is 1. The number of alkyl halides is 1. The van der Waals surface area contributed by atoms with Gasteiger partial charge in [0.05, 0.1) is 31.2 Å². The SMILES string of the molecule is CCOC(=O)[C@@]1(NC(=O)[C@@H]2C[C@@H](Oc3cc(-c4ccccc4)nc(OC)n3)C[C@H]2C(=O)O)C[C@H]1I. The van der Waals surface area contributed by atoms with Crippen LogP contribution in [0.2, 0.25) is 0 Å². The first-order valence-corrected chi connectivity index (χ1v) is 12.5. The van der Waals surface area contributed by atoms with Gasteiger partial charge in [-0.1, -0.05) is 52.9 Å². The molecule has 2 N–H and O–H groups in total. The van der Waals surface area contributed by atoms with Crippen molar-refractivity contribution in [2.75, 3.05) is 13.7 Å². The number of nitrogens with one attached hydrogen (secondary N) is 1. The van der Waals surface area contributed by atoms with E-state index in [0.29, 0.717) is 12.1 Å². The van der Waals surface area contributed by atoms with Crippen molar-refractivity contribution in [1.29, 1.82) is 0 Å². The van der Waals surface area contributed by atoms with Crippen molar-refractivity contribution in [3.05, 3.63) is 36.4 Å². The summed E-state index contributed by atoms with van der Waals surface area (Å²) >= 11 is 2.09. The van der Waals surface area contributed by atoms with Crippen molar-refractivity contribution in [1.82, 2.24) is 15.3 Å². The monoisotopic (exact) mass is 595 g/mol. The number of carbonyl (C=O) groups excluding carboxylic acids is 2. The van der Waals surface area contributed by atoms with Crippen LogP contribution < -0.4 is 14.8 Å². The molecule has 1 aromatic carbocycles. The molecule has 0 aliphatic heterocycles. The predicted octanol–water partition coefficient (Wildman–Crippen LogP) is 2.64. The smallest absolute Gasteiger partial charge is 0.332 e. The number of halogens is 1. The lowest BCUT2D eigenvalue weighted by molar-refractivity contribution is -0.150. The Kier molecular flexibility index (Phi) is 7.43. The molecule has 5 atom stereocenters. The van der Waals surface area contributed by atoms with E-state index in [0.717, 1.165) is 5.56 Å². The zero-order valence-corrected chi connectivity index (χ0v) is 21.4. The molecule has 35 heavy (non-hydrogen) atoms. The van der Waals surface area contributed by atoms with Crippen LogP contribution in [-0.2, 0) is 19.1 Å². The molecule has 2 aromatic rings. The maximum absolute atomic E-state index is 13.1. The molecule has 4 rings (SSSR count). The topological polar surface area (TPSA) is 137 Å². The molecule has 2 saturated carbocycles. The van der Waals surface area contributed by atoms with Crippen molar-refractivity contribution < 1.29 is 33.7 Å². The molecule has 0 spiro atoms. The van der Waals surface area contributed by atoms with E-state index in [1.807, 2.05) is 30.3 Å². The highest BCUT2D eigenvalue weighted by Crippen LogP contribution is 2.45. The second kappa shape index (κ2) is 10.3. The summed E-state index contributed by atoms with van der Waals surface area (Å²) < 4.78 is 16.3. The van der Waals surface area contributed by atoms with E-state index in [4.69, 9.17) is 14.2 Å². The molecule has 186 valence electrons. The van der Waals surface area contributed by atoms with E-state index in [2.05, 4.69) is 37.9 Å². The average molecular weight is 595 g/mol. The van der Waals surface area contributed by atoms with Crippen molar-refractivity contribution in [3.63, 3.8) is 0 Å². The molecule has 2 aliphatic carbocycles. The third-order valence-corrected chi connectivity index (χ3v) is 7.76. The highest BCUT2D eigenvalue weighted by atomic mass is 127. The molecule has 1 amide bonds. The number of esters is 1. The van der Waals surface area contributed by atoms with Gasteiger partial charge in [0.15, 0.2) is 5.54 Å². The number of methoxy groups -OCH3 is 1. The Labute approximate surface area is 215 Å². The van der Waals surface area contributed by atoms with Gasteiger partial charge in [-0.25, -0.2) is 4.79 Å². The van der Waals surface area contributed by atoms with Crippen molar-refractivity contribution in [2.45, 2.75) is 41.8 Å². The zero-order valence-electron chi connectivity index (χ0n) is 19.3. The third kappa shape index (κ3) is 5.34. The van der Waals surface area contributed by atoms with Gasteiger partial charge in [-0.05, 0) is 26.2 Å². The Morgan fingerprint density at radius 2 is 1.86 bits per heavy atom. The van der Waals surface area contributed by atoms with Gasteiger partial charge in [-0.2, -0.15) is 9.97 Å². The van der Waals surface area contributed by atoms with Crippen LogP contribution in [0, 0.1) is 11.8 Å². The molecule has 0 saturated heterocycles. The summed E-state index contributed by atoms with van der Waals surface area (Å²) in [4.78, 5) is 46.1. The van der Waals surface area contributed by atoms with Gasteiger partial charge in [0.25, 0.3) is 0 Å².